The molecular weight excluding hydrogens is 180 g/mol. The van der Waals surface area contributed by atoms with Gasteiger partial charge in [-0.2, -0.15) is 0 Å². The fourth-order valence-electron chi connectivity index (χ4n) is 2.05. The minimum Gasteiger partial charge on any atom is -0.469 e. The van der Waals surface area contributed by atoms with Crippen molar-refractivity contribution >= 4 is 5.97 Å². The third kappa shape index (κ3) is 2.45. The molecule has 82 valence electrons. The third-order valence-electron chi connectivity index (χ3n) is 3.01. The van der Waals surface area contributed by atoms with Gasteiger partial charge in [0.25, 0.3) is 0 Å². The molecule has 1 aliphatic rings. The predicted octanol–water partition coefficient (Wildman–Crippen LogP) is 0.219. The smallest absolute Gasteiger partial charge is 0.310 e. The van der Waals surface area contributed by atoms with Gasteiger partial charge in [-0.05, 0) is 19.4 Å². The minimum absolute atomic E-state index is 0.0561. The number of carbonyl (C=O) groups excluding carboxylic acids is 1. The number of nitrogens with zero attached hydrogens (tertiary/aromatic N) is 1. The van der Waals surface area contributed by atoms with Gasteiger partial charge in [-0.25, -0.2) is 0 Å². The molecule has 1 aliphatic heterocycles. The molecule has 0 aromatic carbocycles. The SMILES string of the molecule is CCC(CN)N1CCC(C(=O)OC)C1. The van der Waals surface area contributed by atoms with Crippen molar-refractivity contribution in [2.45, 2.75) is 25.8 Å². The molecule has 2 atom stereocenters. The summed E-state index contributed by atoms with van der Waals surface area (Å²) in [6, 6.07) is 0.421. The Hall–Kier alpha value is -0.610. The van der Waals surface area contributed by atoms with E-state index in [0.29, 0.717) is 12.6 Å². The Labute approximate surface area is 85.4 Å². The molecule has 0 amide bonds. The lowest BCUT2D eigenvalue weighted by molar-refractivity contribution is -0.145. The van der Waals surface area contributed by atoms with Gasteiger partial charge in [-0.1, -0.05) is 6.92 Å². The van der Waals surface area contributed by atoms with E-state index in [2.05, 4.69) is 11.8 Å². The summed E-state index contributed by atoms with van der Waals surface area (Å²) in [6.45, 7) is 4.57. The topological polar surface area (TPSA) is 55.6 Å². The zero-order valence-electron chi connectivity index (χ0n) is 9.03. The number of rotatable bonds is 4. The first-order valence-electron chi connectivity index (χ1n) is 5.24. The van der Waals surface area contributed by atoms with Gasteiger partial charge in [-0.15, -0.1) is 0 Å². The number of esters is 1. The lowest BCUT2D eigenvalue weighted by Gasteiger charge is -2.25. The van der Waals surface area contributed by atoms with E-state index in [4.69, 9.17) is 10.5 Å². The number of ether oxygens (including phenoxy) is 1. The molecular formula is C10H20N2O2. The second kappa shape index (κ2) is 5.32. The number of hydrogen-bond acceptors (Lipinski definition) is 4. The summed E-state index contributed by atoms with van der Waals surface area (Å²) < 4.78 is 4.73. The van der Waals surface area contributed by atoms with Crippen LogP contribution in [-0.4, -0.2) is 43.7 Å². The molecule has 0 radical (unpaired) electrons. The predicted molar refractivity (Wildman–Crippen MR) is 54.8 cm³/mol. The van der Waals surface area contributed by atoms with Crippen LogP contribution >= 0.6 is 0 Å². The lowest BCUT2D eigenvalue weighted by atomic mass is 10.1. The van der Waals surface area contributed by atoms with Crippen molar-refractivity contribution in [1.29, 1.82) is 0 Å². The van der Waals surface area contributed by atoms with Gasteiger partial charge < -0.3 is 10.5 Å². The van der Waals surface area contributed by atoms with Crippen LogP contribution in [0.15, 0.2) is 0 Å². The maximum atomic E-state index is 11.3. The average molecular weight is 200 g/mol. The first-order chi connectivity index (χ1) is 6.72. The molecule has 0 aliphatic carbocycles. The Morgan fingerprint density at radius 3 is 2.93 bits per heavy atom. The van der Waals surface area contributed by atoms with E-state index in [1.165, 1.54) is 7.11 Å². The highest BCUT2D eigenvalue weighted by molar-refractivity contribution is 5.72. The summed E-state index contributed by atoms with van der Waals surface area (Å²) in [5, 5.41) is 0. The number of carbonyl (C=O) groups is 1. The lowest BCUT2D eigenvalue weighted by Crippen LogP contribution is -2.39. The van der Waals surface area contributed by atoms with Crippen LogP contribution in [0.25, 0.3) is 0 Å². The standard InChI is InChI=1S/C10H20N2O2/c1-3-9(6-11)12-5-4-8(7-12)10(13)14-2/h8-9H,3-7,11H2,1-2H3. The molecule has 0 bridgehead atoms. The largest absolute Gasteiger partial charge is 0.469 e. The molecule has 1 fully saturated rings. The van der Waals surface area contributed by atoms with E-state index in [0.717, 1.165) is 25.9 Å². The van der Waals surface area contributed by atoms with Crippen LogP contribution in [0.4, 0.5) is 0 Å². The molecule has 2 N–H and O–H groups in total. The van der Waals surface area contributed by atoms with Crippen molar-refractivity contribution in [1.82, 2.24) is 4.90 Å². The summed E-state index contributed by atoms with van der Waals surface area (Å²) in [5.41, 5.74) is 5.66. The second-order valence-electron chi connectivity index (χ2n) is 3.80. The fraction of sp³-hybridized carbons (Fsp3) is 0.900. The Morgan fingerprint density at radius 1 is 1.71 bits per heavy atom. The van der Waals surface area contributed by atoms with Gasteiger partial charge in [0.1, 0.15) is 0 Å². The molecule has 0 aromatic rings. The maximum absolute atomic E-state index is 11.3. The number of methoxy groups -OCH3 is 1. The van der Waals surface area contributed by atoms with E-state index in [1.807, 2.05) is 0 Å². The molecule has 0 saturated carbocycles. The highest BCUT2D eigenvalue weighted by Crippen LogP contribution is 2.20. The summed E-state index contributed by atoms with van der Waals surface area (Å²) in [6.07, 6.45) is 1.95. The van der Waals surface area contributed by atoms with Gasteiger partial charge >= 0.3 is 5.97 Å². The van der Waals surface area contributed by atoms with E-state index < -0.39 is 0 Å². The minimum atomic E-state index is -0.0839. The highest BCUT2D eigenvalue weighted by Gasteiger charge is 2.31. The summed E-state index contributed by atoms with van der Waals surface area (Å²) in [7, 11) is 1.45. The molecule has 4 nitrogen and oxygen atoms in total. The van der Waals surface area contributed by atoms with Crippen LogP contribution in [0, 0.1) is 5.92 Å². The molecule has 2 unspecified atom stereocenters. The fourth-order valence-corrected chi connectivity index (χ4v) is 2.05. The Balaban J connectivity index is 2.43. The van der Waals surface area contributed by atoms with Crippen LogP contribution in [0.3, 0.4) is 0 Å². The number of likely N-dealkylation sites (tertiary alicyclic amines) is 1. The van der Waals surface area contributed by atoms with Crippen LogP contribution in [-0.2, 0) is 9.53 Å². The summed E-state index contributed by atoms with van der Waals surface area (Å²) in [4.78, 5) is 13.6. The Morgan fingerprint density at radius 2 is 2.43 bits per heavy atom. The first kappa shape index (κ1) is 11.5. The molecule has 0 aromatic heterocycles. The summed E-state index contributed by atoms with van der Waals surface area (Å²) >= 11 is 0. The van der Waals surface area contributed by atoms with E-state index in [-0.39, 0.29) is 11.9 Å². The third-order valence-corrected chi connectivity index (χ3v) is 3.01. The van der Waals surface area contributed by atoms with Gasteiger partial charge in [-0.3, -0.25) is 9.69 Å². The molecule has 4 heteroatoms. The van der Waals surface area contributed by atoms with Gasteiger partial charge in [0.2, 0.25) is 0 Å². The number of hydrogen-bond donors (Lipinski definition) is 1. The number of nitrogens with two attached hydrogens (primary N) is 1. The average Bonchev–Trinajstić information content (AvgIpc) is 2.68. The zero-order chi connectivity index (χ0) is 10.6. The molecule has 0 spiro atoms. The van der Waals surface area contributed by atoms with Crippen molar-refractivity contribution in [3.8, 4) is 0 Å². The van der Waals surface area contributed by atoms with E-state index in [1.54, 1.807) is 0 Å². The maximum Gasteiger partial charge on any atom is 0.310 e. The molecule has 14 heavy (non-hydrogen) atoms. The Bertz CT molecular complexity index is 193. The van der Waals surface area contributed by atoms with Crippen molar-refractivity contribution in [2.24, 2.45) is 11.7 Å². The quantitative estimate of drug-likeness (QED) is 0.659. The van der Waals surface area contributed by atoms with Crippen LogP contribution in [0.5, 0.6) is 0 Å². The molecule has 1 rings (SSSR count). The molecule has 1 heterocycles. The van der Waals surface area contributed by atoms with Gasteiger partial charge in [0.15, 0.2) is 0 Å². The normalized spacial score (nSPS) is 24.9. The van der Waals surface area contributed by atoms with E-state index in [9.17, 15) is 4.79 Å². The van der Waals surface area contributed by atoms with Gasteiger partial charge in [0, 0.05) is 19.1 Å². The van der Waals surface area contributed by atoms with Crippen LogP contribution in [0.2, 0.25) is 0 Å². The highest BCUT2D eigenvalue weighted by atomic mass is 16.5. The van der Waals surface area contributed by atoms with Crippen molar-refractivity contribution < 1.29 is 9.53 Å². The monoisotopic (exact) mass is 200 g/mol. The zero-order valence-corrected chi connectivity index (χ0v) is 9.03. The molecule has 1 saturated heterocycles. The van der Waals surface area contributed by atoms with Crippen molar-refractivity contribution in [3.05, 3.63) is 0 Å². The Kier molecular flexibility index (Phi) is 4.35. The van der Waals surface area contributed by atoms with Crippen LogP contribution in [0.1, 0.15) is 19.8 Å². The second-order valence-corrected chi connectivity index (χ2v) is 3.80. The van der Waals surface area contributed by atoms with Crippen LogP contribution < -0.4 is 5.73 Å². The van der Waals surface area contributed by atoms with Gasteiger partial charge in [0.05, 0.1) is 13.0 Å². The first-order valence-corrected chi connectivity index (χ1v) is 5.24. The van der Waals surface area contributed by atoms with Crippen molar-refractivity contribution in [3.63, 3.8) is 0 Å². The summed E-state index contributed by atoms with van der Waals surface area (Å²) in [5.74, 6) is -0.0278. The van der Waals surface area contributed by atoms with E-state index >= 15 is 0 Å². The van der Waals surface area contributed by atoms with Crippen molar-refractivity contribution in [2.75, 3.05) is 26.7 Å².